The molecule has 0 aliphatic heterocycles. The number of amides is 3. The molecule has 142 valence electrons. The zero-order chi connectivity index (χ0) is 19.1. The van der Waals surface area contributed by atoms with E-state index in [-0.39, 0.29) is 18.5 Å². The Hall–Kier alpha value is -3.02. The topological polar surface area (TPSA) is 79.5 Å². The highest BCUT2D eigenvalue weighted by molar-refractivity contribution is 5.89. The van der Waals surface area contributed by atoms with Gasteiger partial charge >= 0.3 is 6.03 Å². The van der Waals surface area contributed by atoms with Crippen LogP contribution in [-0.2, 0) is 11.3 Å². The van der Waals surface area contributed by atoms with Crippen LogP contribution in [0.25, 0.3) is 0 Å². The second-order valence-corrected chi connectivity index (χ2v) is 6.59. The van der Waals surface area contributed by atoms with E-state index in [1.807, 2.05) is 6.92 Å². The lowest BCUT2D eigenvalue weighted by Crippen LogP contribution is -2.28. The highest BCUT2D eigenvalue weighted by Gasteiger charge is 2.22. The molecular formula is C21H25N3O3. The van der Waals surface area contributed by atoms with E-state index >= 15 is 0 Å². The van der Waals surface area contributed by atoms with Crippen molar-refractivity contribution in [1.82, 2.24) is 10.6 Å². The molecule has 2 aromatic rings. The summed E-state index contributed by atoms with van der Waals surface area (Å²) in [4.78, 5) is 23.4. The number of carbonyl (C=O) groups excluding carboxylic acids is 2. The summed E-state index contributed by atoms with van der Waals surface area (Å²) in [5, 5.41) is 8.29. The lowest BCUT2D eigenvalue weighted by molar-refractivity contribution is -0.122. The van der Waals surface area contributed by atoms with Crippen LogP contribution in [0, 0.1) is 0 Å². The van der Waals surface area contributed by atoms with Gasteiger partial charge in [-0.1, -0.05) is 24.3 Å². The fourth-order valence-corrected chi connectivity index (χ4v) is 2.71. The van der Waals surface area contributed by atoms with Gasteiger partial charge in [0.05, 0.1) is 0 Å². The van der Waals surface area contributed by atoms with Gasteiger partial charge in [0.25, 0.3) is 5.91 Å². The number of hydrogen-bond donors (Lipinski definition) is 3. The van der Waals surface area contributed by atoms with Crippen molar-refractivity contribution in [1.29, 1.82) is 0 Å². The zero-order valence-electron chi connectivity index (χ0n) is 15.5. The highest BCUT2D eigenvalue weighted by atomic mass is 16.5. The molecule has 1 aliphatic carbocycles. The molecule has 0 spiro atoms. The summed E-state index contributed by atoms with van der Waals surface area (Å²) < 4.78 is 5.38. The van der Waals surface area contributed by atoms with E-state index in [0.29, 0.717) is 24.5 Å². The number of likely N-dealkylation sites (N-methyl/N-ethyl adjacent to an activating group) is 1. The van der Waals surface area contributed by atoms with Crippen molar-refractivity contribution in [3.8, 4) is 5.75 Å². The summed E-state index contributed by atoms with van der Waals surface area (Å²) >= 11 is 0. The highest BCUT2D eigenvalue weighted by Crippen LogP contribution is 2.39. The van der Waals surface area contributed by atoms with Crippen LogP contribution in [0.5, 0.6) is 5.75 Å². The van der Waals surface area contributed by atoms with E-state index in [2.05, 4.69) is 40.2 Å². The third kappa shape index (κ3) is 6.02. The van der Waals surface area contributed by atoms with Gasteiger partial charge in [-0.3, -0.25) is 4.79 Å². The monoisotopic (exact) mass is 367 g/mol. The second kappa shape index (κ2) is 9.07. The number of nitrogens with one attached hydrogen (secondary N) is 3. The predicted molar refractivity (Wildman–Crippen MR) is 105 cm³/mol. The van der Waals surface area contributed by atoms with Crippen molar-refractivity contribution < 1.29 is 14.3 Å². The number of ether oxygens (including phenoxy) is 1. The van der Waals surface area contributed by atoms with Gasteiger partial charge in [0, 0.05) is 18.8 Å². The van der Waals surface area contributed by atoms with E-state index in [1.165, 1.54) is 18.4 Å². The van der Waals surface area contributed by atoms with E-state index in [9.17, 15) is 9.59 Å². The van der Waals surface area contributed by atoms with Gasteiger partial charge < -0.3 is 20.7 Å². The molecule has 27 heavy (non-hydrogen) atoms. The second-order valence-electron chi connectivity index (χ2n) is 6.59. The fourth-order valence-electron chi connectivity index (χ4n) is 2.71. The van der Waals surface area contributed by atoms with Crippen molar-refractivity contribution in [2.75, 3.05) is 18.5 Å². The van der Waals surface area contributed by atoms with Gasteiger partial charge in [-0.2, -0.15) is 0 Å². The quantitative estimate of drug-likeness (QED) is 0.669. The summed E-state index contributed by atoms with van der Waals surface area (Å²) in [7, 11) is 0. The molecule has 3 amide bonds. The van der Waals surface area contributed by atoms with Crippen molar-refractivity contribution in [2.24, 2.45) is 0 Å². The lowest BCUT2D eigenvalue weighted by Gasteiger charge is -2.10. The molecule has 0 bridgehead atoms. The molecule has 0 unspecified atom stereocenters. The SMILES string of the molecule is CCNC(=O)COc1ccc(NC(=O)NCc2ccc(C3CC3)cc2)cc1. The number of urea groups is 1. The third-order valence-corrected chi connectivity index (χ3v) is 4.34. The molecule has 0 radical (unpaired) electrons. The van der Waals surface area contributed by atoms with Crippen LogP contribution >= 0.6 is 0 Å². The maximum Gasteiger partial charge on any atom is 0.319 e. The average Bonchev–Trinajstić information content (AvgIpc) is 3.52. The van der Waals surface area contributed by atoms with Crippen LogP contribution < -0.4 is 20.7 Å². The van der Waals surface area contributed by atoms with Crippen LogP contribution in [0.4, 0.5) is 10.5 Å². The van der Waals surface area contributed by atoms with Gasteiger partial charge in [-0.15, -0.1) is 0 Å². The van der Waals surface area contributed by atoms with Crippen molar-refractivity contribution >= 4 is 17.6 Å². The summed E-state index contributed by atoms with van der Waals surface area (Å²) in [6.07, 6.45) is 2.57. The van der Waals surface area contributed by atoms with Crippen LogP contribution in [-0.4, -0.2) is 25.1 Å². The Bertz CT molecular complexity index is 768. The van der Waals surface area contributed by atoms with E-state index in [0.717, 1.165) is 11.5 Å². The van der Waals surface area contributed by atoms with Gasteiger partial charge in [0.15, 0.2) is 6.61 Å². The molecule has 6 nitrogen and oxygen atoms in total. The van der Waals surface area contributed by atoms with Crippen LogP contribution in [0.15, 0.2) is 48.5 Å². The standard InChI is InChI=1S/C21H25N3O3/c1-2-22-20(25)14-27-19-11-9-18(10-12-19)24-21(26)23-13-15-3-5-16(6-4-15)17-7-8-17/h3-6,9-12,17H,2,7-8,13-14H2,1H3,(H,22,25)(H2,23,24,26). The van der Waals surface area contributed by atoms with Crippen molar-refractivity contribution in [3.05, 3.63) is 59.7 Å². The summed E-state index contributed by atoms with van der Waals surface area (Å²) in [6, 6.07) is 15.0. The van der Waals surface area contributed by atoms with E-state index < -0.39 is 0 Å². The molecule has 0 heterocycles. The number of benzene rings is 2. The van der Waals surface area contributed by atoms with Crippen molar-refractivity contribution in [2.45, 2.75) is 32.2 Å². The Balaban J connectivity index is 1.41. The predicted octanol–water partition coefficient (Wildman–Crippen LogP) is 3.40. The summed E-state index contributed by atoms with van der Waals surface area (Å²) in [6.45, 7) is 2.88. The Morgan fingerprint density at radius 2 is 1.70 bits per heavy atom. The number of rotatable bonds is 8. The number of anilines is 1. The van der Waals surface area contributed by atoms with Gasteiger partial charge in [-0.25, -0.2) is 4.79 Å². The lowest BCUT2D eigenvalue weighted by atomic mass is 10.1. The molecule has 0 atom stereocenters. The minimum atomic E-state index is -0.266. The first-order valence-corrected chi connectivity index (χ1v) is 9.27. The molecule has 3 rings (SSSR count). The zero-order valence-corrected chi connectivity index (χ0v) is 15.5. The maximum atomic E-state index is 12.0. The number of hydrogen-bond acceptors (Lipinski definition) is 3. The molecule has 0 saturated heterocycles. The molecule has 2 aromatic carbocycles. The van der Waals surface area contributed by atoms with Crippen LogP contribution in [0.1, 0.15) is 36.8 Å². The van der Waals surface area contributed by atoms with E-state index in [1.54, 1.807) is 24.3 Å². The molecule has 1 aliphatic rings. The first-order valence-electron chi connectivity index (χ1n) is 9.27. The fraction of sp³-hybridized carbons (Fsp3) is 0.333. The molecule has 0 aromatic heterocycles. The average molecular weight is 367 g/mol. The smallest absolute Gasteiger partial charge is 0.319 e. The minimum absolute atomic E-state index is 0.0271. The summed E-state index contributed by atoms with van der Waals surface area (Å²) in [5.74, 6) is 1.15. The molecule has 6 heteroatoms. The maximum absolute atomic E-state index is 12.0. The largest absolute Gasteiger partial charge is 0.484 e. The Morgan fingerprint density at radius 3 is 2.33 bits per heavy atom. The van der Waals surface area contributed by atoms with Gasteiger partial charge in [-0.05, 0) is 61.1 Å². The van der Waals surface area contributed by atoms with Crippen LogP contribution in [0.3, 0.4) is 0 Å². The Labute approximate surface area is 159 Å². The van der Waals surface area contributed by atoms with Crippen LogP contribution in [0.2, 0.25) is 0 Å². The van der Waals surface area contributed by atoms with E-state index in [4.69, 9.17) is 4.74 Å². The first kappa shape index (κ1) is 18.8. The summed E-state index contributed by atoms with van der Waals surface area (Å²) in [5.41, 5.74) is 3.11. The number of carbonyl (C=O) groups is 2. The molecule has 3 N–H and O–H groups in total. The van der Waals surface area contributed by atoms with Gasteiger partial charge in [0.2, 0.25) is 0 Å². The Morgan fingerprint density at radius 1 is 1.00 bits per heavy atom. The normalized spacial score (nSPS) is 12.9. The first-order chi connectivity index (χ1) is 13.1. The van der Waals surface area contributed by atoms with Crippen molar-refractivity contribution in [3.63, 3.8) is 0 Å². The third-order valence-electron chi connectivity index (χ3n) is 4.34. The minimum Gasteiger partial charge on any atom is -0.484 e. The molecular weight excluding hydrogens is 342 g/mol. The van der Waals surface area contributed by atoms with Gasteiger partial charge in [0.1, 0.15) is 5.75 Å². The Kier molecular flexibility index (Phi) is 6.30. The molecule has 1 fully saturated rings. The molecule has 1 saturated carbocycles.